The predicted molar refractivity (Wildman–Crippen MR) is 38.8 cm³/mol. The van der Waals surface area contributed by atoms with Gasteiger partial charge < -0.3 is 10.8 Å². The number of benzene rings is 1. The molecular weight excluding hydrogens is 128 g/mol. The Bertz CT molecular complexity index is 288. The molecule has 0 aliphatic heterocycles. The summed E-state index contributed by atoms with van der Waals surface area (Å²) in [6.45, 7) is 6.60. The van der Waals surface area contributed by atoms with E-state index in [4.69, 9.17) is 17.4 Å². The van der Waals surface area contributed by atoms with E-state index in [0.717, 1.165) is 0 Å². The molecule has 0 heterocycles. The van der Waals surface area contributed by atoms with Crippen molar-refractivity contribution in [2.45, 2.75) is 0 Å². The van der Waals surface area contributed by atoms with Crippen LogP contribution in [0.3, 0.4) is 0 Å². The highest BCUT2D eigenvalue weighted by atomic mass is 16.3. The molecule has 0 amide bonds. The van der Waals surface area contributed by atoms with Crippen molar-refractivity contribution >= 4 is 11.4 Å². The van der Waals surface area contributed by atoms with Crippen LogP contribution in [0, 0.1) is 6.57 Å². The Morgan fingerprint density at radius 3 is 2.70 bits per heavy atom. The maximum Gasteiger partial charge on any atom is 0.189 e. The summed E-state index contributed by atoms with van der Waals surface area (Å²) in [4.78, 5) is 3.13. The van der Waals surface area contributed by atoms with E-state index in [9.17, 15) is 0 Å². The summed E-state index contributed by atoms with van der Waals surface area (Å²) in [5.74, 6) is 0.0207. The monoisotopic (exact) mass is 134 g/mol. The molecule has 0 fully saturated rings. The second-order valence-corrected chi connectivity index (χ2v) is 1.85. The normalized spacial score (nSPS) is 8.70. The molecule has 0 saturated heterocycles. The van der Waals surface area contributed by atoms with E-state index in [0.29, 0.717) is 5.69 Å². The van der Waals surface area contributed by atoms with Gasteiger partial charge >= 0.3 is 0 Å². The van der Waals surface area contributed by atoms with Crippen LogP contribution in [0.2, 0.25) is 0 Å². The number of anilines is 1. The number of hydrogen-bond acceptors (Lipinski definition) is 2. The highest BCUT2D eigenvalue weighted by Crippen LogP contribution is 2.24. The molecule has 3 heteroatoms. The van der Waals surface area contributed by atoms with Crippen molar-refractivity contribution in [2.24, 2.45) is 0 Å². The third-order valence-corrected chi connectivity index (χ3v) is 1.14. The molecule has 1 aromatic carbocycles. The standard InChI is InChI=1S/C7H6N2O/c1-9-5-2-3-7(10)6(8)4-5/h2-4,10H,8H2. The fraction of sp³-hybridized carbons (Fsp3) is 0. The van der Waals surface area contributed by atoms with Gasteiger partial charge in [0, 0.05) is 0 Å². The van der Waals surface area contributed by atoms with Gasteiger partial charge in [-0.25, -0.2) is 4.85 Å². The zero-order chi connectivity index (χ0) is 7.56. The third kappa shape index (κ3) is 1.00. The van der Waals surface area contributed by atoms with E-state index < -0.39 is 0 Å². The van der Waals surface area contributed by atoms with Gasteiger partial charge in [0.25, 0.3) is 0 Å². The summed E-state index contributed by atoms with van der Waals surface area (Å²) in [6.07, 6.45) is 0. The Kier molecular flexibility index (Phi) is 1.46. The molecule has 3 N–H and O–H groups in total. The number of nitrogens with two attached hydrogens (primary N) is 1. The maximum absolute atomic E-state index is 8.91. The molecule has 0 spiro atoms. The summed E-state index contributed by atoms with van der Waals surface area (Å²) in [7, 11) is 0. The van der Waals surface area contributed by atoms with Gasteiger partial charge in [-0.15, -0.1) is 0 Å². The first kappa shape index (κ1) is 6.43. The molecule has 10 heavy (non-hydrogen) atoms. The van der Waals surface area contributed by atoms with Gasteiger partial charge in [-0.1, -0.05) is 6.07 Å². The van der Waals surface area contributed by atoms with E-state index >= 15 is 0 Å². The lowest BCUT2D eigenvalue weighted by atomic mass is 10.3. The molecule has 0 aliphatic rings. The summed E-state index contributed by atoms with van der Waals surface area (Å²) >= 11 is 0. The topological polar surface area (TPSA) is 50.6 Å². The van der Waals surface area contributed by atoms with Crippen LogP contribution in [-0.4, -0.2) is 5.11 Å². The van der Waals surface area contributed by atoms with Gasteiger partial charge in [-0.3, -0.25) is 0 Å². The van der Waals surface area contributed by atoms with Crippen LogP contribution in [0.25, 0.3) is 4.85 Å². The van der Waals surface area contributed by atoms with E-state index in [1.165, 1.54) is 18.2 Å². The minimum Gasteiger partial charge on any atom is -0.506 e. The average Bonchev–Trinajstić information content (AvgIpc) is 1.95. The van der Waals surface area contributed by atoms with E-state index in [2.05, 4.69) is 4.85 Å². The molecule has 3 nitrogen and oxygen atoms in total. The molecule has 0 unspecified atom stereocenters. The van der Waals surface area contributed by atoms with Crippen LogP contribution in [0.15, 0.2) is 18.2 Å². The van der Waals surface area contributed by atoms with Crippen molar-refractivity contribution < 1.29 is 5.11 Å². The summed E-state index contributed by atoms with van der Waals surface area (Å²) in [5.41, 5.74) is 5.99. The van der Waals surface area contributed by atoms with Gasteiger partial charge in [-0.05, 0) is 12.1 Å². The van der Waals surface area contributed by atoms with Crippen molar-refractivity contribution in [3.05, 3.63) is 29.6 Å². The number of phenolic OH excluding ortho intramolecular Hbond substituents is 1. The van der Waals surface area contributed by atoms with Gasteiger partial charge in [0.2, 0.25) is 0 Å². The average molecular weight is 134 g/mol. The first-order valence-corrected chi connectivity index (χ1v) is 2.70. The third-order valence-electron chi connectivity index (χ3n) is 1.14. The van der Waals surface area contributed by atoms with Crippen molar-refractivity contribution in [1.29, 1.82) is 0 Å². The van der Waals surface area contributed by atoms with E-state index in [1.807, 2.05) is 0 Å². The van der Waals surface area contributed by atoms with E-state index in [1.54, 1.807) is 0 Å². The zero-order valence-corrected chi connectivity index (χ0v) is 5.20. The molecule has 0 radical (unpaired) electrons. The fourth-order valence-corrected chi connectivity index (χ4v) is 0.611. The molecule has 0 aromatic heterocycles. The second-order valence-electron chi connectivity index (χ2n) is 1.85. The molecule has 50 valence electrons. The smallest absolute Gasteiger partial charge is 0.189 e. The second kappa shape index (κ2) is 2.28. The van der Waals surface area contributed by atoms with Gasteiger partial charge in [-0.2, -0.15) is 0 Å². The Morgan fingerprint density at radius 2 is 2.20 bits per heavy atom. The van der Waals surface area contributed by atoms with Crippen LogP contribution < -0.4 is 5.73 Å². The Labute approximate surface area is 58.5 Å². The lowest BCUT2D eigenvalue weighted by Gasteiger charge is -1.96. The van der Waals surface area contributed by atoms with Crippen LogP contribution in [0.4, 0.5) is 11.4 Å². The number of phenols is 1. The molecule has 0 atom stereocenters. The minimum atomic E-state index is 0.0207. The number of nitrogen functional groups attached to an aromatic ring is 1. The van der Waals surface area contributed by atoms with Gasteiger partial charge in [0.15, 0.2) is 5.69 Å². The Morgan fingerprint density at radius 1 is 1.50 bits per heavy atom. The number of rotatable bonds is 0. The Balaban J connectivity index is 3.20. The van der Waals surface area contributed by atoms with Crippen molar-refractivity contribution in [3.8, 4) is 5.75 Å². The highest BCUT2D eigenvalue weighted by molar-refractivity contribution is 5.61. The van der Waals surface area contributed by atoms with Crippen molar-refractivity contribution in [1.82, 2.24) is 0 Å². The van der Waals surface area contributed by atoms with Crippen LogP contribution in [0.1, 0.15) is 0 Å². The first-order chi connectivity index (χ1) is 4.74. The lowest BCUT2D eigenvalue weighted by Crippen LogP contribution is -1.82. The molecule has 0 aliphatic carbocycles. The van der Waals surface area contributed by atoms with Crippen LogP contribution in [-0.2, 0) is 0 Å². The fourth-order valence-electron chi connectivity index (χ4n) is 0.611. The Hall–Kier alpha value is -1.69. The highest BCUT2D eigenvalue weighted by Gasteiger charge is 1.95. The molecule has 0 saturated carbocycles. The van der Waals surface area contributed by atoms with Crippen LogP contribution >= 0.6 is 0 Å². The van der Waals surface area contributed by atoms with Gasteiger partial charge in [0.1, 0.15) is 5.75 Å². The zero-order valence-electron chi connectivity index (χ0n) is 5.20. The summed E-state index contributed by atoms with van der Waals surface area (Å²) < 4.78 is 0. The van der Waals surface area contributed by atoms with E-state index in [-0.39, 0.29) is 11.4 Å². The molecular formula is C7H6N2O. The lowest BCUT2D eigenvalue weighted by molar-refractivity contribution is 0.478. The molecule has 1 aromatic rings. The number of aromatic hydroxyl groups is 1. The number of hydrogen-bond donors (Lipinski definition) is 2. The molecule has 1 rings (SSSR count). The summed E-state index contributed by atoms with van der Waals surface area (Å²) in [6, 6.07) is 4.35. The van der Waals surface area contributed by atoms with Crippen molar-refractivity contribution in [3.63, 3.8) is 0 Å². The minimum absolute atomic E-state index is 0.0207. The SMILES string of the molecule is [C-]#[N+]c1ccc(O)c(N)c1. The predicted octanol–water partition coefficient (Wildman–Crippen LogP) is 1.53. The molecule has 0 bridgehead atoms. The van der Waals surface area contributed by atoms with Crippen molar-refractivity contribution in [2.75, 3.05) is 5.73 Å². The quantitative estimate of drug-likeness (QED) is 0.321. The van der Waals surface area contributed by atoms with Crippen LogP contribution in [0.5, 0.6) is 5.75 Å². The number of nitrogens with zero attached hydrogens (tertiary/aromatic N) is 1. The first-order valence-electron chi connectivity index (χ1n) is 2.70. The largest absolute Gasteiger partial charge is 0.506 e. The maximum atomic E-state index is 8.91. The summed E-state index contributed by atoms with van der Waals surface area (Å²) in [5, 5.41) is 8.91. The van der Waals surface area contributed by atoms with Gasteiger partial charge in [0.05, 0.1) is 12.3 Å².